The SMILES string of the molecule is CCOc1ccc(Cl)cc1NC(C)c1cnn(CC)c1. The first-order chi connectivity index (χ1) is 9.63. The van der Waals surface area contributed by atoms with E-state index in [0.717, 1.165) is 23.5 Å². The first kappa shape index (κ1) is 14.7. The van der Waals surface area contributed by atoms with Gasteiger partial charge in [-0.15, -0.1) is 0 Å². The van der Waals surface area contributed by atoms with Crippen LogP contribution in [0.5, 0.6) is 5.75 Å². The Morgan fingerprint density at radius 2 is 2.20 bits per heavy atom. The van der Waals surface area contributed by atoms with Gasteiger partial charge in [0.15, 0.2) is 0 Å². The van der Waals surface area contributed by atoms with Crippen molar-refractivity contribution in [2.75, 3.05) is 11.9 Å². The van der Waals surface area contributed by atoms with Gasteiger partial charge in [-0.3, -0.25) is 4.68 Å². The molecule has 0 aliphatic heterocycles. The summed E-state index contributed by atoms with van der Waals surface area (Å²) >= 11 is 6.06. The van der Waals surface area contributed by atoms with Crippen molar-refractivity contribution in [3.63, 3.8) is 0 Å². The molecule has 4 nitrogen and oxygen atoms in total. The van der Waals surface area contributed by atoms with Crippen molar-refractivity contribution in [3.05, 3.63) is 41.2 Å². The van der Waals surface area contributed by atoms with E-state index in [0.29, 0.717) is 11.6 Å². The molecule has 1 unspecified atom stereocenters. The van der Waals surface area contributed by atoms with Crippen LogP contribution >= 0.6 is 11.6 Å². The highest BCUT2D eigenvalue weighted by molar-refractivity contribution is 6.30. The van der Waals surface area contributed by atoms with E-state index in [1.165, 1.54) is 0 Å². The fourth-order valence-electron chi connectivity index (χ4n) is 1.99. The topological polar surface area (TPSA) is 39.1 Å². The fourth-order valence-corrected chi connectivity index (χ4v) is 2.16. The summed E-state index contributed by atoms with van der Waals surface area (Å²) in [6, 6.07) is 5.73. The minimum atomic E-state index is 0.132. The molecule has 0 radical (unpaired) electrons. The highest BCUT2D eigenvalue weighted by atomic mass is 35.5. The Balaban J connectivity index is 2.17. The molecule has 0 spiro atoms. The number of benzene rings is 1. The second-order valence-corrected chi connectivity index (χ2v) is 5.01. The molecule has 5 heteroatoms. The van der Waals surface area contributed by atoms with Crippen molar-refractivity contribution in [2.45, 2.75) is 33.4 Å². The third kappa shape index (κ3) is 3.45. The fraction of sp³-hybridized carbons (Fsp3) is 0.400. The molecular weight excluding hydrogens is 274 g/mol. The number of aromatic nitrogens is 2. The predicted octanol–water partition coefficient (Wildman–Crippen LogP) is 4.13. The summed E-state index contributed by atoms with van der Waals surface area (Å²) in [5, 5.41) is 8.41. The molecule has 1 N–H and O–H groups in total. The van der Waals surface area contributed by atoms with E-state index in [1.807, 2.05) is 42.2 Å². The van der Waals surface area contributed by atoms with Crippen LogP contribution in [0.15, 0.2) is 30.6 Å². The zero-order valence-electron chi connectivity index (χ0n) is 12.1. The molecule has 0 saturated carbocycles. The first-order valence-corrected chi connectivity index (χ1v) is 7.23. The number of aryl methyl sites for hydroxylation is 1. The van der Waals surface area contributed by atoms with Gasteiger partial charge in [0.2, 0.25) is 0 Å². The average molecular weight is 294 g/mol. The highest BCUT2D eigenvalue weighted by Crippen LogP contribution is 2.31. The Morgan fingerprint density at radius 1 is 1.40 bits per heavy atom. The average Bonchev–Trinajstić information content (AvgIpc) is 2.91. The van der Waals surface area contributed by atoms with E-state index in [4.69, 9.17) is 16.3 Å². The van der Waals surface area contributed by atoms with Gasteiger partial charge in [-0.1, -0.05) is 11.6 Å². The Morgan fingerprint density at radius 3 is 2.85 bits per heavy atom. The molecule has 0 bridgehead atoms. The lowest BCUT2D eigenvalue weighted by molar-refractivity contribution is 0.341. The molecule has 1 heterocycles. The molecule has 2 aromatic rings. The Kier molecular flexibility index (Phi) is 4.90. The summed E-state index contributed by atoms with van der Waals surface area (Å²) in [7, 11) is 0. The van der Waals surface area contributed by atoms with Gasteiger partial charge >= 0.3 is 0 Å². The van der Waals surface area contributed by atoms with Gasteiger partial charge < -0.3 is 10.1 Å². The maximum absolute atomic E-state index is 6.06. The molecule has 0 aliphatic carbocycles. The lowest BCUT2D eigenvalue weighted by Gasteiger charge is -2.17. The van der Waals surface area contributed by atoms with Crippen molar-refractivity contribution in [1.82, 2.24) is 9.78 Å². The number of nitrogens with zero attached hydrogens (tertiary/aromatic N) is 2. The number of ether oxygens (including phenoxy) is 1. The largest absolute Gasteiger partial charge is 0.492 e. The highest BCUT2D eigenvalue weighted by Gasteiger charge is 2.11. The summed E-state index contributed by atoms with van der Waals surface area (Å²) in [4.78, 5) is 0. The number of anilines is 1. The van der Waals surface area contributed by atoms with Crippen molar-refractivity contribution < 1.29 is 4.74 Å². The zero-order chi connectivity index (χ0) is 14.5. The minimum absolute atomic E-state index is 0.132. The smallest absolute Gasteiger partial charge is 0.142 e. The number of hydrogen-bond acceptors (Lipinski definition) is 3. The third-order valence-corrected chi connectivity index (χ3v) is 3.33. The molecule has 1 atom stereocenters. The van der Waals surface area contributed by atoms with Crippen LogP contribution in [0.25, 0.3) is 0 Å². The standard InChI is InChI=1S/C15H20ClN3O/c1-4-19-10-12(9-17-19)11(3)18-14-8-13(16)6-7-15(14)20-5-2/h6-11,18H,4-5H2,1-3H3. The maximum atomic E-state index is 6.06. The second-order valence-electron chi connectivity index (χ2n) is 4.57. The first-order valence-electron chi connectivity index (χ1n) is 6.85. The van der Waals surface area contributed by atoms with Gasteiger partial charge in [0.1, 0.15) is 5.75 Å². The number of hydrogen-bond donors (Lipinski definition) is 1. The van der Waals surface area contributed by atoms with Crippen LogP contribution in [-0.2, 0) is 6.54 Å². The Hall–Kier alpha value is -1.68. The summed E-state index contributed by atoms with van der Waals surface area (Å²) in [6.07, 6.45) is 3.93. The van der Waals surface area contributed by atoms with E-state index in [9.17, 15) is 0 Å². The summed E-state index contributed by atoms with van der Waals surface area (Å²) in [5.74, 6) is 0.812. The Bertz CT molecular complexity index is 568. The molecule has 0 saturated heterocycles. The summed E-state index contributed by atoms with van der Waals surface area (Å²) in [6.45, 7) is 7.62. The van der Waals surface area contributed by atoms with E-state index < -0.39 is 0 Å². The predicted molar refractivity (Wildman–Crippen MR) is 82.6 cm³/mol. The molecular formula is C15H20ClN3O. The van der Waals surface area contributed by atoms with Gasteiger partial charge in [0.05, 0.1) is 24.5 Å². The van der Waals surface area contributed by atoms with E-state index in [2.05, 4.69) is 24.3 Å². The quantitative estimate of drug-likeness (QED) is 0.870. The van der Waals surface area contributed by atoms with Crippen molar-refractivity contribution >= 4 is 17.3 Å². The van der Waals surface area contributed by atoms with E-state index >= 15 is 0 Å². The molecule has 0 aliphatic rings. The van der Waals surface area contributed by atoms with Crippen molar-refractivity contribution in [2.24, 2.45) is 0 Å². The van der Waals surface area contributed by atoms with Crippen LogP contribution < -0.4 is 10.1 Å². The summed E-state index contributed by atoms with van der Waals surface area (Å²) < 4.78 is 7.52. The van der Waals surface area contributed by atoms with Crippen LogP contribution in [-0.4, -0.2) is 16.4 Å². The molecule has 0 amide bonds. The third-order valence-electron chi connectivity index (χ3n) is 3.09. The number of nitrogens with one attached hydrogen (secondary N) is 1. The zero-order valence-corrected chi connectivity index (χ0v) is 12.8. The molecule has 108 valence electrons. The number of rotatable bonds is 6. The monoisotopic (exact) mass is 293 g/mol. The molecule has 1 aromatic heterocycles. The van der Waals surface area contributed by atoms with Gasteiger partial charge in [-0.05, 0) is 39.0 Å². The molecule has 0 fully saturated rings. The van der Waals surface area contributed by atoms with Crippen LogP contribution in [0.3, 0.4) is 0 Å². The molecule has 1 aromatic carbocycles. The van der Waals surface area contributed by atoms with Gasteiger partial charge in [-0.2, -0.15) is 5.10 Å². The van der Waals surface area contributed by atoms with Gasteiger partial charge in [0, 0.05) is 23.3 Å². The minimum Gasteiger partial charge on any atom is -0.492 e. The van der Waals surface area contributed by atoms with Gasteiger partial charge in [-0.25, -0.2) is 0 Å². The maximum Gasteiger partial charge on any atom is 0.142 e. The van der Waals surface area contributed by atoms with Crippen LogP contribution in [0.2, 0.25) is 5.02 Å². The van der Waals surface area contributed by atoms with Crippen LogP contribution in [0.4, 0.5) is 5.69 Å². The number of halogens is 1. The second kappa shape index (κ2) is 6.66. The molecule has 2 rings (SSSR count). The normalized spacial score (nSPS) is 12.2. The Labute approximate surface area is 124 Å². The molecule has 20 heavy (non-hydrogen) atoms. The van der Waals surface area contributed by atoms with E-state index in [1.54, 1.807) is 0 Å². The lowest BCUT2D eigenvalue weighted by atomic mass is 10.1. The van der Waals surface area contributed by atoms with Crippen LogP contribution in [0, 0.1) is 0 Å². The van der Waals surface area contributed by atoms with Gasteiger partial charge in [0.25, 0.3) is 0 Å². The van der Waals surface area contributed by atoms with Crippen molar-refractivity contribution in [3.8, 4) is 5.75 Å². The summed E-state index contributed by atoms with van der Waals surface area (Å²) in [5.41, 5.74) is 2.03. The lowest BCUT2D eigenvalue weighted by Crippen LogP contribution is -2.07. The van der Waals surface area contributed by atoms with Crippen molar-refractivity contribution in [1.29, 1.82) is 0 Å². The van der Waals surface area contributed by atoms with E-state index in [-0.39, 0.29) is 6.04 Å². The van der Waals surface area contributed by atoms with Crippen LogP contribution in [0.1, 0.15) is 32.4 Å².